The number of aromatic nitrogens is 2. The molecule has 0 fully saturated rings. The highest BCUT2D eigenvalue weighted by molar-refractivity contribution is 8.02. The highest BCUT2D eigenvalue weighted by Crippen LogP contribution is 2.31. The van der Waals surface area contributed by atoms with E-state index in [9.17, 15) is 9.18 Å². The zero-order valence-electron chi connectivity index (χ0n) is 14.2. The van der Waals surface area contributed by atoms with Gasteiger partial charge in [-0.05, 0) is 37.6 Å². The van der Waals surface area contributed by atoms with Gasteiger partial charge in [-0.25, -0.2) is 4.39 Å². The lowest BCUT2D eigenvalue weighted by atomic mass is 10.2. The number of aryl methyl sites for hydroxylation is 1. The summed E-state index contributed by atoms with van der Waals surface area (Å²) in [5, 5.41) is 14.2. The van der Waals surface area contributed by atoms with Crippen LogP contribution in [0.15, 0.2) is 52.9 Å². The molecule has 0 aliphatic rings. The number of hydrogen-bond donors (Lipinski definition) is 2. The summed E-state index contributed by atoms with van der Waals surface area (Å²) in [5.41, 5.74) is 2.24. The molecule has 0 unspecified atom stereocenters. The number of carbonyl (C=O) groups excluding carboxylic acids is 1. The summed E-state index contributed by atoms with van der Waals surface area (Å²) < 4.78 is 14.3. The van der Waals surface area contributed by atoms with Gasteiger partial charge in [-0.3, -0.25) is 4.79 Å². The van der Waals surface area contributed by atoms with Crippen LogP contribution >= 0.6 is 23.1 Å². The molecule has 0 saturated carbocycles. The fourth-order valence-electron chi connectivity index (χ4n) is 2.14. The molecule has 2 N–H and O–H groups in total. The van der Waals surface area contributed by atoms with Gasteiger partial charge < -0.3 is 10.6 Å². The second kappa shape index (κ2) is 8.29. The number of benzene rings is 2. The Hall–Kier alpha value is -2.45. The Labute approximate surface area is 159 Å². The number of hydrogen-bond acceptors (Lipinski definition) is 6. The van der Waals surface area contributed by atoms with Crippen molar-refractivity contribution in [2.45, 2.75) is 23.4 Å². The fourth-order valence-corrected chi connectivity index (χ4v) is 4.05. The van der Waals surface area contributed by atoms with E-state index in [4.69, 9.17) is 0 Å². The standard InChI is InChI=1S/C18H17FN4OS2/c1-11-7-3-5-9-14(11)21-17-22-23-18(26-17)25-12(2)16(24)20-15-10-6-4-8-13(15)19/h3-10,12H,1-2H3,(H,20,24)(H,21,22)/t12-/m0/s1. The van der Waals surface area contributed by atoms with Crippen molar-refractivity contribution in [1.29, 1.82) is 0 Å². The third kappa shape index (κ3) is 4.59. The molecule has 8 heteroatoms. The van der Waals surface area contributed by atoms with Crippen molar-refractivity contribution < 1.29 is 9.18 Å². The summed E-state index contributed by atoms with van der Waals surface area (Å²) >= 11 is 2.65. The molecule has 3 rings (SSSR count). The maximum Gasteiger partial charge on any atom is 0.237 e. The predicted molar refractivity (Wildman–Crippen MR) is 105 cm³/mol. The normalized spacial score (nSPS) is 11.8. The van der Waals surface area contributed by atoms with Crippen LogP contribution in [-0.2, 0) is 4.79 Å². The van der Waals surface area contributed by atoms with Crippen molar-refractivity contribution in [2.75, 3.05) is 10.6 Å². The Balaban J connectivity index is 1.60. The van der Waals surface area contributed by atoms with E-state index in [-0.39, 0.29) is 11.6 Å². The summed E-state index contributed by atoms with van der Waals surface area (Å²) in [6.45, 7) is 3.75. The molecule has 0 bridgehead atoms. The maximum atomic E-state index is 13.6. The minimum Gasteiger partial charge on any atom is -0.330 e. The van der Waals surface area contributed by atoms with Gasteiger partial charge in [0, 0.05) is 5.69 Å². The van der Waals surface area contributed by atoms with Gasteiger partial charge in [0.2, 0.25) is 11.0 Å². The highest BCUT2D eigenvalue weighted by Gasteiger charge is 2.18. The zero-order chi connectivity index (χ0) is 18.5. The largest absolute Gasteiger partial charge is 0.330 e. The zero-order valence-corrected chi connectivity index (χ0v) is 15.8. The molecular formula is C18H17FN4OS2. The molecule has 134 valence electrons. The van der Waals surface area contributed by atoms with Crippen LogP contribution < -0.4 is 10.6 Å². The second-order valence-corrected chi connectivity index (χ2v) is 8.11. The molecule has 2 aromatic carbocycles. The van der Waals surface area contributed by atoms with Crippen LogP contribution in [0.3, 0.4) is 0 Å². The Morgan fingerprint density at radius 3 is 2.54 bits per heavy atom. The first-order valence-corrected chi connectivity index (χ1v) is 9.61. The number of anilines is 3. The van der Waals surface area contributed by atoms with Crippen LogP contribution in [0.5, 0.6) is 0 Å². The highest BCUT2D eigenvalue weighted by atomic mass is 32.2. The van der Waals surface area contributed by atoms with Gasteiger partial charge >= 0.3 is 0 Å². The number of amides is 1. The average Bonchev–Trinajstić information content (AvgIpc) is 3.06. The second-order valence-electron chi connectivity index (χ2n) is 5.54. The average molecular weight is 388 g/mol. The van der Waals surface area contributed by atoms with Crippen molar-refractivity contribution in [3.63, 3.8) is 0 Å². The minimum absolute atomic E-state index is 0.170. The number of rotatable bonds is 6. The summed E-state index contributed by atoms with van der Waals surface area (Å²) in [5.74, 6) is -0.748. The van der Waals surface area contributed by atoms with Gasteiger partial charge in [-0.15, -0.1) is 10.2 Å². The van der Waals surface area contributed by atoms with Crippen LogP contribution in [-0.4, -0.2) is 21.4 Å². The third-order valence-corrected chi connectivity index (χ3v) is 5.59. The molecule has 26 heavy (non-hydrogen) atoms. The van der Waals surface area contributed by atoms with Gasteiger partial charge in [0.15, 0.2) is 4.34 Å². The molecule has 1 aromatic heterocycles. The quantitative estimate of drug-likeness (QED) is 0.591. The van der Waals surface area contributed by atoms with Gasteiger partial charge in [0.1, 0.15) is 5.82 Å². The van der Waals surface area contributed by atoms with Gasteiger partial charge in [-0.2, -0.15) is 0 Å². The molecule has 5 nitrogen and oxygen atoms in total. The first kappa shape index (κ1) is 18.3. The van der Waals surface area contributed by atoms with Crippen molar-refractivity contribution in [3.8, 4) is 0 Å². The molecule has 1 atom stereocenters. The number of nitrogens with zero attached hydrogens (tertiary/aromatic N) is 2. The molecule has 1 heterocycles. The maximum absolute atomic E-state index is 13.6. The van der Waals surface area contributed by atoms with Gasteiger partial charge in [0.05, 0.1) is 10.9 Å². The third-order valence-electron chi connectivity index (χ3n) is 3.57. The molecule has 1 amide bonds. The lowest BCUT2D eigenvalue weighted by molar-refractivity contribution is -0.115. The molecule has 3 aromatic rings. The molecule has 0 aliphatic heterocycles. The molecular weight excluding hydrogens is 371 g/mol. The lowest BCUT2D eigenvalue weighted by Crippen LogP contribution is -2.22. The SMILES string of the molecule is Cc1ccccc1Nc1nnc(S[C@@H](C)C(=O)Nc2ccccc2F)s1. The molecule has 0 radical (unpaired) electrons. The van der Waals surface area contributed by atoms with E-state index in [2.05, 4.69) is 20.8 Å². The molecule has 0 aliphatic carbocycles. The number of nitrogens with one attached hydrogen (secondary N) is 2. The molecule has 0 saturated heterocycles. The van der Waals surface area contributed by atoms with Crippen molar-refractivity contribution in [3.05, 3.63) is 59.9 Å². The van der Waals surface area contributed by atoms with Gasteiger partial charge in [-0.1, -0.05) is 53.4 Å². The van der Waals surface area contributed by atoms with Crippen LogP contribution in [0.4, 0.5) is 20.9 Å². The minimum atomic E-state index is -0.460. The number of carbonyl (C=O) groups is 1. The van der Waals surface area contributed by atoms with Gasteiger partial charge in [0.25, 0.3) is 0 Å². The predicted octanol–water partition coefficient (Wildman–Crippen LogP) is 4.85. The summed E-state index contributed by atoms with van der Waals surface area (Å²) in [6.07, 6.45) is 0. The number of thioether (sulfide) groups is 1. The van der Waals surface area contributed by atoms with Crippen molar-refractivity contribution >= 4 is 45.5 Å². The van der Waals surface area contributed by atoms with E-state index >= 15 is 0 Å². The van der Waals surface area contributed by atoms with Crippen LogP contribution in [0.25, 0.3) is 0 Å². The first-order valence-electron chi connectivity index (χ1n) is 7.91. The Bertz CT molecular complexity index is 915. The smallest absolute Gasteiger partial charge is 0.237 e. The van der Waals surface area contributed by atoms with Crippen LogP contribution in [0.1, 0.15) is 12.5 Å². The lowest BCUT2D eigenvalue weighted by Gasteiger charge is -2.10. The first-order chi connectivity index (χ1) is 12.5. The van der Waals surface area contributed by atoms with E-state index in [1.165, 1.54) is 35.2 Å². The topological polar surface area (TPSA) is 66.9 Å². The van der Waals surface area contributed by atoms with E-state index in [0.717, 1.165) is 11.3 Å². The summed E-state index contributed by atoms with van der Waals surface area (Å²) in [4.78, 5) is 12.3. The Morgan fingerprint density at radius 1 is 1.12 bits per heavy atom. The number of para-hydroxylation sites is 2. The summed E-state index contributed by atoms with van der Waals surface area (Å²) in [7, 11) is 0. The molecule has 0 spiro atoms. The number of halogens is 1. The van der Waals surface area contributed by atoms with E-state index in [1.807, 2.05) is 31.2 Å². The van der Waals surface area contributed by atoms with E-state index in [1.54, 1.807) is 19.1 Å². The van der Waals surface area contributed by atoms with E-state index in [0.29, 0.717) is 9.47 Å². The van der Waals surface area contributed by atoms with Crippen LogP contribution in [0.2, 0.25) is 0 Å². The Kier molecular flexibility index (Phi) is 5.85. The fraction of sp³-hybridized carbons (Fsp3) is 0.167. The summed E-state index contributed by atoms with van der Waals surface area (Å²) in [6, 6.07) is 14.0. The monoisotopic (exact) mass is 388 g/mol. The van der Waals surface area contributed by atoms with Crippen molar-refractivity contribution in [2.24, 2.45) is 0 Å². The Morgan fingerprint density at radius 2 is 1.81 bits per heavy atom. The van der Waals surface area contributed by atoms with Crippen molar-refractivity contribution in [1.82, 2.24) is 10.2 Å². The van der Waals surface area contributed by atoms with Crippen LogP contribution in [0, 0.1) is 12.7 Å². The van der Waals surface area contributed by atoms with E-state index < -0.39 is 11.1 Å².